The highest BCUT2D eigenvalue weighted by Crippen LogP contribution is 2.44. The van der Waals surface area contributed by atoms with Crippen LogP contribution < -0.4 is 14.8 Å². The molecule has 0 saturated carbocycles. The van der Waals surface area contributed by atoms with E-state index in [1.807, 2.05) is 36.1 Å². The van der Waals surface area contributed by atoms with E-state index in [2.05, 4.69) is 15.0 Å². The van der Waals surface area contributed by atoms with Crippen molar-refractivity contribution in [1.29, 1.82) is 0 Å². The molecule has 11 heteroatoms. The number of rotatable bonds is 6. The van der Waals surface area contributed by atoms with Crippen molar-refractivity contribution >= 4 is 49.1 Å². The van der Waals surface area contributed by atoms with Crippen molar-refractivity contribution in [2.75, 3.05) is 32.4 Å². The number of hydrogen-bond donors (Lipinski definition) is 2. The van der Waals surface area contributed by atoms with E-state index in [0.29, 0.717) is 36.7 Å². The van der Waals surface area contributed by atoms with Gasteiger partial charge in [0.05, 0.1) is 16.5 Å². The third-order valence-electron chi connectivity index (χ3n) is 6.18. The van der Waals surface area contributed by atoms with E-state index < -0.39 is 16.1 Å². The van der Waals surface area contributed by atoms with E-state index in [4.69, 9.17) is 16.3 Å². The number of aromatic nitrogens is 1. The van der Waals surface area contributed by atoms with Crippen LogP contribution in [-0.4, -0.2) is 68.8 Å². The smallest absolute Gasteiger partial charge is 0.264 e. The van der Waals surface area contributed by atoms with E-state index in [1.54, 1.807) is 17.5 Å². The number of hydrogen-bond acceptors (Lipinski definition) is 7. The Balaban J connectivity index is 1.46. The Morgan fingerprint density at radius 2 is 2.09 bits per heavy atom. The van der Waals surface area contributed by atoms with Crippen molar-refractivity contribution in [2.45, 2.75) is 31.9 Å². The van der Waals surface area contributed by atoms with Gasteiger partial charge < -0.3 is 15.0 Å². The number of carbonyl (C=O) groups is 1. The second-order valence-corrected chi connectivity index (χ2v) is 12.5. The number of sulfonamides is 1. The molecule has 3 aromatic rings. The predicted molar refractivity (Wildman–Crippen MR) is 139 cm³/mol. The molecule has 2 unspecified atom stereocenters. The number of nitrogens with zero attached hydrogens (tertiary/aromatic N) is 2. The van der Waals surface area contributed by atoms with Gasteiger partial charge in [-0.2, -0.15) is 0 Å². The number of pyridine rings is 1. The Bertz CT molecular complexity index is 1390. The molecule has 4 heterocycles. The molecule has 1 saturated heterocycles. The SMILES string of the molecule is CC(Cc1cc2nccc(-c3cc(Cl)cc4c3OC(C(=O)N3CCNCC3)C4)c2s1)NS(C)(=O)=O. The number of nitrogens with one attached hydrogen (secondary N) is 2. The van der Waals surface area contributed by atoms with Gasteiger partial charge in [-0.1, -0.05) is 11.6 Å². The van der Waals surface area contributed by atoms with Gasteiger partial charge in [0.2, 0.25) is 10.0 Å². The molecule has 5 rings (SSSR count). The zero-order valence-electron chi connectivity index (χ0n) is 19.5. The van der Waals surface area contributed by atoms with Gasteiger partial charge in [-0.15, -0.1) is 11.3 Å². The molecule has 1 amide bonds. The zero-order chi connectivity index (χ0) is 24.7. The summed E-state index contributed by atoms with van der Waals surface area (Å²) >= 11 is 8.08. The molecule has 2 aliphatic rings. The highest BCUT2D eigenvalue weighted by molar-refractivity contribution is 7.88. The standard InChI is InChI=1S/C24H27ClN4O4S2/c1-14(28-35(2,31)32)9-17-13-20-23(34-17)18(3-4-27-20)19-12-16(25)10-15-11-21(33-22(15)19)24(30)29-7-5-26-6-8-29/h3-4,10,12-14,21,26,28H,5-9,11H2,1-2H3. The van der Waals surface area contributed by atoms with Crippen LogP contribution in [0.15, 0.2) is 30.5 Å². The fourth-order valence-corrected chi connectivity index (χ4v) is 7.09. The van der Waals surface area contributed by atoms with Crippen LogP contribution in [0.25, 0.3) is 21.3 Å². The first-order chi connectivity index (χ1) is 16.7. The number of carbonyl (C=O) groups excluding carboxylic acids is 1. The Labute approximate surface area is 213 Å². The summed E-state index contributed by atoms with van der Waals surface area (Å²) in [5, 5.41) is 3.85. The number of thiophene rings is 1. The van der Waals surface area contributed by atoms with Gasteiger partial charge in [0.1, 0.15) is 5.75 Å². The summed E-state index contributed by atoms with van der Waals surface area (Å²) in [6, 6.07) is 7.44. The van der Waals surface area contributed by atoms with Crippen molar-refractivity contribution in [3.63, 3.8) is 0 Å². The number of piperazine rings is 1. The van der Waals surface area contributed by atoms with Gasteiger partial charge in [0.25, 0.3) is 5.91 Å². The van der Waals surface area contributed by atoms with Crippen LogP contribution in [-0.2, 0) is 27.7 Å². The number of benzene rings is 1. The van der Waals surface area contributed by atoms with Gasteiger partial charge >= 0.3 is 0 Å². The average Bonchev–Trinajstić information content (AvgIpc) is 3.40. The first-order valence-corrected chi connectivity index (χ1v) is 14.6. The first kappa shape index (κ1) is 24.5. The van der Waals surface area contributed by atoms with E-state index in [0.717, 1.165) is 51.1 Å². The highest BCUT2D eigenvalue weighted by atomic mass is 35.5. The van der Waals surface area contributed by atoms with Crippen LogP contribution in [0.3, 0.4) is 0 Å². The van der Waals surface area contributed by atoms with Crippen LogP contribution in [0.1, 0.15) is 17.4 Å². The van der Waals surface area contributed by atoms with E-state index in [1.165, 1.54) is 0 Å². The Kier molecular flexibility index (Phi) is 6.75. The van der Waals surface area contributed by atoms with Crippen molar-refractivity contribution in [2.24, 2.45) is 0 Å². The van der Waals surface area contributed by atoms with Crippen molar-refractivity contribution < 1.29 is 17.9 Å². The van der Waals surface area contributed by atoms with E-state index in [-0.39, 0.29) is 11.9 Å². The molecule has 0 bridgehead atoms. The minimum absolute atomic E-state index is 0.00965. The van der Waals surface area contributed by atoms with Gasteiger partial charge in [-0.25, -0.2) is 13.1 Å². The van der Waals surface area contributed by atoms with Crippen molar-refractivity contribution in [3.8, 4) is 16.9 Å². The molecule has 0 aliphatic carbocycles. The third-order valence-corrected chi connectivity index (χ3v) is 8.40. The minimum Gasteiger partial charge on any atom is -0.479 e. The van der Waals surface area contributed by atoms with Crippen LogP contribution in [0.2, 0.25) is 5.02 Å². The summed E-state index contributed by atoms with van der Waals surface area (Å²) in [6.07, 6.45) is 3.40. The maximum Gasteiger partial charge on any atom is 0.264 e. The van der Waals surface area contributed by atoms with Crippen molar-refractivity contribution in [3.05, 3.63) is 45.9 Å². The number of halogens is 1. The van der Waals surface area contributed by atoms with E-state index >= 15 is 0 Å². The summed E-state index contributed by atoms with van der Waals surface area (Å²) in [5.41, 5.74) is 3.53. The number of ether oxygens (including phenoxy) is 1. The average molecular weight is 535 g/mol. The molecule has 2 atom stereocenters. The molecule has 2 aromatic heterocycles. The molecular weight excluding hydrogens is 508 g/mol. The minimum atomic E-state index is -3.28. The quantitative estimate of drug-likeness (QED) is 0.504. The van der Waals surface area contributed by atoms with Gasteiger partial charge in [-0.3, -0.25) is 9.78 Å². The number of fused-ring (bicyclic) bond motifs is 2. The fourth-order valence-electron chi connectivity index (χ4n) is 4.76. The maximum atomic E-state index is 13.1. The van der Waals surface area contributed by atoms with Gasteiger partial charge in [0.15, 0.2) is 6.10 Å². The van der Waals surface area contributed by atoms with Crippen LogP contribution >= 0.6 is 22.9 Å². The van der Waals surface area contributed by atoms with Crippen molar-refractivity contribution in [1.82, 2.24) is 19.9 Å². The molecule has 8 nitrogen and oxygen atoms in total. The topological polar surface area (TPSA) is 101 Å². The molecule has 0 radical (unpaired) electrons. The molecular formula is C24H27ClN4O4S2. The fraction of sp³-hybridized carbons (Fsp3) is 0.417. The Hall–Kier alpha value is -2.24. The summed E-state index contributed by atoms with van der Waals surface area (Å²) < 4.78 is 33.0. The lowest BCUT2D eigenvalue weighted by Gasteiger charge is -2.29. The second kappa shape index (κ2) is 9.67. The third kappa shape index (κ3) is 5.31. The normalized spacial score (nSPS) is 18.9. The predicted octanol–water partition coefficient (Wildman–Crippen LogP) is 2.83. The molecule has 1 aromatic carbocycles. The molecule has 1 fully saturated rings. The molecule has 2 aliphatic heterocycles. The summed E-state index contributed by atoms with van der Waals surface area (Å²) in [4.78, 5) is 20.5. The second-order valence-electron chi connectivity index (χ2n) is 9.11. The molecule has 35 heavy (non-hydrogen) atoms. The molecule has 0 spiro atoms. The van der Waals surface area contributed by atoms with E-state index in [9.17, 15) is 13.2 Å². The summed E-state index contributed by atoms with van der Waals surface area (Å²) in [7, 11) is -3.28. The van der Waals surface area contributed by atoms with Gasteiger partial charge in [0, 0.05) is 71.4 Å². The summed E-state index contributed by atoms with van der Waals surface area (Å²) in [5.74, 6) is 0.702. The highest BCUT2D eigenvalue weighted by Gasteiger charge is 2.35. The molecule has 2 N–H and O–H groups in total. The largest absolute Gasteiger partial charge is 0.479 e. The lowest BCUT2D eigenvalue weighted by molar-refractivity contribution is -0.138. The molecule has 186 valence electrons. The van der Waals surface area contributed by atoms with Crippen LogP contribution in [0, 0.1) is 0 Å². The maximum absolute atomic E-state index is 13.1. The van der Waals surface area contributed by atoms with Gasteiger partial charge in [-0.05, 0) is 37.6 Å². The monoisotopic (exact) mass is 534 g/mol. The van der Waals surface area contributed by atoms with Crippen LogP contribution in [0.5, 0.6) is 5.75 Å². The number of amides is 1. The first-order valence-electron chi connectivity index (χ1n) is 11.5. The van der Waals surface area contributed by atoms with Crippen LogP contribution in [0.4, 0.5) is 0 Å². The Morgan fingerprint density at radius 1 is 1.31 bits per heavy atom. The Morgan fingerprint density at radius 3 is 2.83 bits per heavy atom. The zero-order valence-corrected chi connectivity index (χ0v) is 21.9. The lowest BCUT2D eigenvalue weighted by atomic mass is 10.0. The summed E-state index contributed by atoms with van der Waals surface area (Å²) in [6.45, 7) is 4.77. The lowest BCUT2D eigenvalue weighted by Crippen LogP contribution is -2.50.